The average Bonchev–Trinajstić information content (AvgIpc) is 2.73. The lowest BCUT2D eigenvalue weighted by molar-refractivity contribution is -0.154. The van der Waals surface area contributed by atoms with Crippen LogP contribution in [0, 0.1) is 5.82 Å². The molecule has 3 aromatic rings. The lowest BCUT2D eigenvalue weighted by atomic mass is 9.98. The summed E-state index contributed by atoms with van der Waals surface area (Å²) >= 11 is 0. The number of methoxy groups -OCH3 is 1. The minimum absolute atomic E-state index is 0.398. The molecule has 0 bridgehead atoms. The molecule has 0 aromatic heterocycles. The fourth-order valence-electron chi connectivity index (χ4n) is 2.88. The Bertz CT molecular complexity index is 1030. The molecule has 3 aromatic carbocycles. The fraction of sp³-hybridized carbons (Fsp3) is 0.217. The van der Waals surface area contributed by atoms with Crippen molar-refractivity contribution >= 4 is 28.3 Å². The van der Waals surface area contributed by atoms with E-state index in [4.69, 9.17) is 9.47 Å². The van der Waals surface area contributed by atoms with E-state index in [2.05, 4.69) is 5.32 Å². The number of esters is 1. The van der Waals surface area contributed by atoms with Crippen LogP contribution in [0.25, 0.3) is 10.8 Å². The van der Waals surface area contributed by atoms with Gasteiger partial charge < -0.3 is 14.8 Å². The molecule has 0 radical (unpaired) electrons. The number of ether oxygens (including phenoxy) is 2. The molecule has 0 saturated heterocycles. The first kappa shape index (κ1) is 20.3. The molecule has 150 valence electrons. The van der Waals surface area contributed by atoms with Crippen LogP contribution >= 0.6 is 0 Å². The van der Waals surface area contributed by atoms with Crippen LogP contribution in [0.4, 0.5) is 10.1 Å². The lowest BCUT2D eigenvalue weighted by Crippen LogP contribution is -2.31. The van der Waals surface area contributed by atoms with E-state index in [1.54, 1.807) is 14.0 Å². The molecule has 0 spiro atoms. The van der Waals surface area contributed by atoms with Crippen molar-refractivity contribution in [3.8, 4) is 5.75 Å². The normalized spacial score (nSPS) is 12.8. The van der Waals surface area contributed by atoms with Crippen molar-refractivity contribution in [1.82, 2.24) is 0 Å². The lowest BCUT2D eigenvalue weighted by Gasteiger charge is -2.17. The Balaban J connectivity index is 1.65. The summed E-state index contributed by atoms with van der Waals surface area (Å²) < 4.78 is 23.5. The maximum absolute atomic E-state index is 13.0. The highest BCUT2D eigenvalue weighted by atomic mass is 19.1. The average molecular weight is 395 g/mol. The third kappa shape index (κ3) is 4.90. The Morgan fingerprint density at radius 1 is 0.931 bits per heavy atom. The Morgan fingerprint density at radius 2 is 1.59 bits per heavy atom. The highest BCUT2D eigenvalue weighted by Crippen LogP contribution is 2.26. The summed E-state index contributed by atoms with van der Waals surface area (Å²) in [4.78, 5) is 24.8. The van der Waals surface area contributed by atoms with Crippen LogP contribution in [0.2, 0.25) is 0 Å². The van der Waals surface area contributed by atoms with Crippen LogP contribution in [-0.2, 0) is 14.3 Å². The Kier molecular flexibility index (Phi) is 6.12. The minimum Gasteiger partial charge on any atom is -0.497 e. The van der Waals surface area contributed by atoms with Gasteiger partial charge in [0.2, 0.25) is 0 Å². The van der Waals surface area contributed by atoms with Gasteiger partial charge in [-0.05, 0) is 66.6 Å². The van der Waals surface area contributed by atoms with Crippen molar-refractivity contribution in [3.63, 3.8) is 0 Å². The van der Waals surface area contributed by atoms with E-state index in [-0.39, 0.29) is 0 Å². The maximum atomic E-state index is 13.0. The highest BCUT2D eigenvalue weighted by Gasteiger charge is 2.23. The van der Waals surface area contributed by atoms with Gasteiger partial charge in [0.05, 0.1) is 13.0 Å². The van der Waals surface area contributed by atoms with Crippen LogP contribution in [-0.4, -0.2) is 25.1 Å². The van der Waals surface area contributed by atoms with E-state index >= 15 is 0 Å². The molecule has 0 aliphatic carbocycles. The van der Waals surface area contributed by atoms with Gasteiger partial charge in [0.1, 0.15) is 11.6 Å². The van der Waals surface area contributed by atoms with Crippen LogP contribution in [0.15, 0.2) is 60.7 Å². The van der Waals surface area contributed by atoms with E-state index in [9.17, 15) is 14.0 Å². The Labute approximate surface area is 168 Å². The SMILES string of the molecule is COc1ccc2cc([C@H](C)C(=O)O[C@@H](C)C(=O)Nc3ccc(F)cc3)ccc2c1. The van der Waals surface area contributed by atoms with Crippen molar-refractivity contribution in [3.05, 3.63) is 72.0 Å². The van der Waals surface area contributed by atoms with Crippen molar-refractivity contribution in [2.45, 2.75) is 25.9 Å². The third-order valence-electron chi connectivity index (χ3n) is 4.70. The molecule has 0 saturated carbocycles. The molecule has 0 aliphatic heterocycles. The van der Waals surface area contributed by atoms with E-state index in [0.29, 0.717) is 5.69 Å². The van der Waals surface area contributed by atoms with Gasteiger partial charge in [-0.3, -0.25) is 9.59 Å². The number of hydrogen-bond acceptors (Lipinski definition) is 4. The molecule has 1 amide bonds. The number of carbonyl (C=O) groups excluding carboxylic acids is 2. The predicted molar refractivity (Wildman–Crippen MR) is 109 cm³/mol. The Hall–Kier alpha value is -3.41. The minimum atomic E-state index is -0.986. The van der Waals surface area contributed by atoms with Crippen LogP contribution in [0.3, 0.4) is 0 Å². The standard InChI is InChI=1S/C23H22FNO4/c1-14(16-4-5-18-13-21(28-3)11-6-17(18)12-16)23(27)29-15(2)22(26)25-20-9-7-19(24)8-10-20/h4-15H,1-3H3,(H,25,26)/t14-,15-/m0/s1. The topological polar surface area (TPSA) is 64.6 Å². The summed E-state index contributed by atoms with van der Waals surface area (Å²) in [5.74, 6) is -1.16. The molecular weight excluding hydrogens is 373 g/mol. The number of nitrogens with one attached hydrogen (secondary N) is 1. The van der Waals surface area contributed by atoms with Gasteiger partial charge in [0, 0.05) is 5.69 Å². The van der Waals surface area contributed by atoms with Gasteiger partial charge in [0.15, 0.2) is 6.10 Å². The monoisotopic (exact) mass is 395 g/mol. The zero-order valence-electron chi connectivity index (χ0n) is 16.4. The van der Waals surface area contributed by atoms with Crippen molar-refractivity contribution in [1.29, 1.82) is 0 Å². The smallest absolute Gasteiger partial charge is 0.313 e. The van der Waals surface area contributed by atoms with Gasteiger partial charge in [-0.25, -0.2) is 4.39 Å². The fourth-order valence-corrected chi connectivity index (χ4v) is 2.88. The number of anilines is 1. The van der Waals surface area contributed by atoms with Crippen LogP contribution in [0.5, 0.6) is 5.75 Å². The number of fused-ring (bicyclic) bond motifs is 1. The summed E-state index contributed by atoms with van der Waals surface area (Å²) in [6.07, 6.45) is -0.986. The van der Waals surface area contributed by atoms with E-state index in [1.807, 2.05) is 36.4 Å². The quantitative estimate of drug-likeness (QED) is 0.617. The van der Waals surface area contributed by atoms with Gasteiger partial charge in [0.25, 0.3) is 5.91 Å². The second-order valence-electron chi connectivity index (χ2n) is 6.77. The van der Waals surface area contributed by atoms with Crippen molar-refractivity contribution in [2.24, 2.45) is 0 Å². The third-order valence-corrected chi connectivity index (χ3v) is 4.70. The summed E-state index contributed by atoms with van der Waals surface area (Å²) in [6.45, 7) is 3.23. The second kappa shape index (κ2) is 8.73. The summed E-state index contributed by atoms with van der Waals surface area (Å²) in [5, 5.41) is 4.57. The largest absolute Gasteiger partial charge is 0.497 e. The van der Waals surface area contributed by atoms with Crippen molar-refractivity contribution in [2.75, 3.05) is 12.4 Å². The van der Waals surface area contributed by atoms with Crippen molar-refractivity contribution < 1.29 is 23.5 Å². The first-order chi connectivity index (χ1) is 13.9. The first-order valence-electron chi connectivity index (χ1n) is 9.22. The van der Waals surface area contributed by atoms with E-state index in [0.717, 1.165) is 22.1 Å². The van der Waals surface area contributed by atoms with Gasteiger partial charge in [-0.1, -0.05) is 24.3 Å². The molecule has 6 heteroatoms. The number of amides is 1. The number of hydrogen-bond donors (Lipinski definition) is 1. The molecule has 5 nitrogen and oxygen atoms in total. The number of rotatable bonds is 6. The number of benzene rings is 3. The first-order valence-corrected chi connectivity index (χ1v) is 9.22. The predicted octanol–water partition coefficient (Wildman–Crippen LogP) is 4.66. The van der Waals surface area contributed by atoms with E-state index < -0.39 is 29.7 Å². The molecule has 0 fully saturated rings. The molecule has 0 aliphatic rings. The van der Waals surface area contributed by atoms with Gasteiger partial charge in [-0.15, -0.1) is 0 Å². The molecule has 1 N–H and O–H groups in total. The van der Waals surface area contributed by atoms with Crippen LogP contribution < -0.4 is 10.1 Å². The second-order valence-corrected chi connectivity index (χ2v) is 6.77. The molecule has 0 heterocycles. The summed E-state index contributed by atoms with van der Waals surface area (Å²) in [7, 11) is 1.61. The highest BCUT2D eigenvalue weighted by molar-refractivity contribution is 5.95. The molecular formula is C23H22FNO4. The number of halogens is 1. The zero-order valence-corrected chi connectivity index (χ0v) is 16.4. The Morgan fingerprint density at radius 3 is 2.28 bits per heavy atom. The maximum Gasteiger partial charge on any atom is 0.313 e. The van der Waals surface area contributed by atoms with Gasteiger partial charge in [-0.2, -0.15) is 0 Å². The molecule has 0 unspecified atom stereocenters. The summed E-state index contributed by atoms with van der Waals surface area (Å²) in [5.41, 5.74) is 1.22. The van der Waals surface area contributed by atoms with Gasteiger partial charge >= 0.3 is 5.97 Å². The summed E-state index contributed by atoms with van der Waals surface area (Å²) in [6, 6.07) is 16.8. The zero-order chi connectivity index (χ0) is 21.0. The van der Waals surface area contributed by atoms with Crippen LogP contribution in [0.1, 0.15) is 25.3 Å². The molecule has 29 heavy (non-hydrogen) atoms. The molecule has 3 rings (SSSR count). The number of carbonyl (C=O) groups is 2. The molecule has 2 atom stereocenters. The van der Waals surface area contributed by atoms with E-state index in [1.165, 1.54) is 31.2 Å².